The number of benzene rings is 8. The van der Waals surface area contributed by atoms with Gasteiger partial charge in [0.15, 0.2) is 0 Å². The Morgan fingerprint density at radius 2 is 0.500 bits per heavy atom. The topological polar surface area (TPSA) is 18.5 Å². The summed E-state index contributed by atoms with van der Waals surface area (Å²) in [6, 6.07) is 88.6. The Hall–Kier alpha value is -4.60. The first kappa shape index (κ1) is 49.8. The molecule has 9 rings (SSSR count). The van der Waals surface area contributed by atoms with Gasteiger partial charge in [0.2, 0.25) is 0 Å². The Kier molecular flexibility index (Phi) is 19.8. The van der Waals surface area contributed by atoms with Crippen LogP contribution in [-0.4, -0.2) is 51.1 Å². The van der Waals surface area contributed by atoms with E-state index in [9.17, 15) is 0 Å². The van der Waals surface area contributed by atoms with Crippen molar-refractivity contribution in [2.75, 3.05) is 38.9 Å². The summed E-state index contributed by atoms with van der Waals surface area (Å²) in [4.78, 5) is 0. The number of rotatable bonds is 19. The number of methoxy groups -OCH3 is 2. The molecule has 1 aliphatic rings. The van der Waals surface area contributed by atoms with Crippen molar-refractivity contribution in [3.63, 3.8) is 0 Å². The lowest BCUT2D eigenvalue weighted by Gasteiger charge is -2.37. The van der Waals surface area contributed by atoms with Gasteiger partial charge in [-0.15, -0.1) is 0 Å². The van der Waals surface area contributed by atoms with Gasteiger partial charge >= 0.3 is 0 Å². The van der Waals surface area contributed by atoms with Gasteiger partial charge in [0, 0.05) is 26.5 Å². The fourth-order valence-electron chi connectivity index (χ4n) is 9.58. The molecule has 6 heteroatoms. The molecule has 1 fully saturated rings. The second-order valence-corrected chi connectivity index (χ2v) is 26.5. The predicted octanol–water partition coefficient (Wildman–Crippen LogP) is 12.3. The first-order valence-corrected chi connectivity index (χ1v) is 30.4. The van der Waals surface area contributed by atoms with E-state index in [1.165, 1.54) is 80.4 Å². The molecule has 0 heterocycles. The van der Waals surface area contributed by atoms with Crippen LogP contribution in [0.4, 0.5) is 0 Å². The van der Waals surface area contributed by atoms with Crippen molar-refractivity contribution in [1.29, 1.82) is 0 Å². The Labute approximate surface area is 412 Å². The molecule has 1 aliphatic carbocycles. The summed E-state index contributed by atoms with van der Waals surface area (Å²) in [6.45, 7) is 0. The zero-order valence-corrected chi connectivity index (χ0v) is 43.2. The van der Waals surface area contributed by atoms with E-state index in [0.717, 1.165) is 24.2 Å². The minimum Gasteiger partial charge on any atom is -0.378 e. The van der Waals surface area contributed by atoms with E-state index in [1.807, 2.05) is 14.2 Å². The molecule has 8 aromatic carbocycles. The summed E-state index contributed by atoms with van der Waals surface area (Å²) in [5.74, 6) is 1.61. The van der Waals surface area contributed by atoms with Gasteiger partial charge in [-0.1, -0.05) is 255 Å². The lowest BCUT2D eigenvalue weighted by atomic mass is 9.81. The van der Waals surface area contributed by atoms with Crippen molar-refractivity contribution in [2.45, 2.75) is 37.9 Å². The zero-order valence-electron chi connectivity index (χ0n) is 39.7. The largest absolute Gasteiger partial charge is 0.378 e. The van der Waals surface area contributed by atoms with Gasteiger partial charge in [0.05, 0.1) is 12.2 Å². The Morgan fingerprint density at radius 1 is 0.309 bits per heavy atom. The van der Waals surface area contributed by atoms with Crippen LogP contribution in [0.25, 0.3) is 0 Å². The number of hydrogen-bond donors (Lipinski definition) is 0. The van der Waals surface area contributed by atoms with E-state index < -0.39 is 15.8 Å². The van der Waals surface area contributed by atoms with Crippen molar-refractivity contribution >= 4 is 74.1 Å². The summed E-state index contributed by atoms with van der Waals surface area (Å²) in [5.41, 5.74) is 0. The van der Waals surface area contributed by atoms with Crippen LogP contribution in [0.5, 0.6) is 0 Å². The highest BCUT2D eigenvalue weighted by Crippen LogP contribution is 2.47. The van der Waals surface area contributed by atoms with E-state index in [2.05, 4.69) is 243 Å². The summed E-state index contributed by atoms with van der Waals surface area (Å²) in [7, 11) is 1.87. The average Bonchev–Trinajstić information content (AvgIpc) is 3.43. The van der Waals surface area contributed by atoms with Crippen molar-refractivity contribution in [2.24, 2.45) is 11.8 Å². The van der Waals surface area contributed by atoms with Crippen molar-refractivity contribution in [3.8, 4) is 0 Å². The van der Waals surface area contributed by atoms with Gasteiger partial charge in [0.25, 0.3) is 0 Å². The number of hydrogen-bond acceptors (Lipinski definition) is 2. The summed E-state index contributed by atoms with van der Waals surface area (Å²) in [5, 5.41) is 11.6. The highest BCUT2D eigenvalue weighted by molar-refractivity contribution is 7.74. The molecule has 0 bridgehead atoms. The molecule has 0 aliphatic heterocycles. The minimum atomic E-state index is -0.566. The first-order valence-electron chi connectivity index (χ1n) is 24.2. The Bertz CT molecular complexity index is 2060. The van der Waals surface area contributed by atoms with E-state index >= 15 is 0 Å². The molecule has 0 saturated heterocycles. The molecule has 4 atom stereocenters. The van der Waals surface area contributed by atoms with Crippen LogP contribution >= 0.6 is 31.7 Å². The zero-order chi connectivity index (χ0) is 46.6. The van der Waals surface area contributed by atoms with E-state index in [-0.39, 0.29) is 28.1 Å². The second kappa shape index (κ2) is 27.0. The maximum Gasteiger partial charge on any atom is 0.0881 e. The lowest BCUT2D eigenvalue weighted by molar-refractivity contribution is -0.0113. The molecule has 0 spiro atoms. The third kappa shape index (κ3) is 14.0. The highest BCUT2D eigenvalue weighted by Gasteiger charge is 2.32. The molecule has 2 nitrogen and oxygen atoms in total. The molecular weight excluding hydrogens is 901 g/mol. The smallest absolute Gasteiger partial charge is 0.0881 e. The standard InChI is InChI=1S/C32H34P2.C30H32O2P2/c1-5-17-29(18-6-1)33(30-19-7-2-8-20-30)25-27-15-13-14-16-28(27)26-34(31-21-9-3-10-22-31)32-23-11-4-12-24-32;1-31-29(23-33(25-15-7-3-8-16-25)26-17-9-4-10-18-26)30(32-2)24-34(27-19-11-5-12-20-27)28-21-13-6-14-22-28/h1-12,17-24,27-28H,13-16,25-26H2;3-22,29-30H,23-24H2,1-2H3/t27-,28-;29-,30-/m00/s1. The summed E-state index contributed by atoms with van der Waals surface area (Å²) < 4.78 is 12.3. The molecule has 0 unspecified atom stereocenters. The van der Waals surface area contributed by atoms with Crippen LogP contribution < -0.4 is 42.4 Å². The Balaban J connectivity index is 0.000000184. The van der Waals surface area contributed by atoms with Crippen LogP contribution in [0.3, 0.4) is 0 Å². The van der Waals surface area contributed by atoms with Crippen molar-refractivity contribution in [3.05, 3.63) is 243 Å². The normalized spacial score (nSPS) is 15.7. The van der Waals surface area contributed by atoms with Gasteiger partial charge in [-0.25, -0.2) is 0 Å². The van der Waals surface area contributed by atoms with Gasteiger partial charge < -0.3 is 9.47 Å². The predicted molar refractivity (Wildman–Crippen MR) is 303 cm³/mol. The van der Waals surface area contributed by atoms with Gasteiger partial charge in [0.1, 0.15) is 0 Å². The van der Waals surface area contributed by atoms with E-state index in [1.54, 1.807) is 0 Å². The van der Waals surface area contributed by atoms with Crippen LogP contribution in [0.2, 0.25) is 0 Å². The molecule has 346 valence electrons. The Morgan fingerprint density at radius 3 is 0.691 bits per heavy atom. The fraction of sp³-hybridized carbons (Fsp3) is 0.226. The minimum absolute atomic E-state index is 0.00560. The third-order valence-electron chi connectivity index (χ3n) is 13.2. The number of ether oxygens (including phenoxy) is 2. The van der Waals surface area contributed by atoms with Crippen LogP contribution in [0.15, 0.2) is 243 Å². The average molecular weight is 967 g/mol. The summed E-state index contributed by atoms with van der Waals surface area (Å²) >= 11 is 0. The van der Waals surface area contributed by atoms with Crippen LogP contribution in [0.1, 0.15) is 25.7 Å². The first-order chi connectivity index (χ1) is 33.7. The fourth-order valence-corrected chi connectivity index (χ4v) is 20.1. The SMILES string of the molecule is CO[C@@H](CP(c1ccccc1)c1ccccc1)[C@H](CP(c1ccccc1)c1ccccc1)OC.c1ccc(P(C[C@@H]2CCCC[C@H]2CP(c2ccccc2)c2ccccc2)c2ccccc2)cc1. The van der Waals surface area contributed by atoms with Crippen LogP contribution in [-0.2, 0) is 9.47 Å². The van der Waals surface area contributed by atoms with Crippen molar-refractivity contribution < 1.29 is 9.47 Å². The summed E-state index contributed by atoms with van der Waals surface area (Å²) in [6.07, 6.45) is 10.0. The van der Waals surface area contributed by atoms with E-state index in [4.69, 9.17) is 9.47 Å². The van der Waals surface area contributed by atoms with Crippen molar-refractivity contribution in [1.82, 2.24) is 0 Å². The maximum atomic E-state index is 6.15. The monoisotopic (exact) mass is 966 g/mol. The van der Waals surface area contributed by atoms with Gasteiger partial charge in [-0.05, 0) is 111 Å². The molecule has 0 radical (unpaired) electrons. The quantitative estimate of drug-likeness (QED) is 0.0752. The molecular formula is C62H66O2P4. The molecule has 0 N–H and O–H groups in total. The highest BCUT2D eigenvalue weighted by atomic mass is 31.1. The second-order valence-electron chi connectivity index (χ2n) is 17.5. The molecule has 8 aromatic rings. The third-order valence-corrected chi connectivity index (χ3v) is 23.7. The molecule has 0 aromatic heterocycles. The van der Waals surface area contributed by atoms with Gasteiger partial charge in [-0.2, -0.15) is 0 Å². The molecule has 68 heavy (non-hydrogen) atoms. The van der Waals surface area contributed by atoms with E-state index in [0.29, 0.717) is 0 Å². The lowest BCUT2D eigenvalue weighted by Crippen LogP contribution is -2.38. The maximum absolute atomic E-state index is 6.15. The van der Waals surface area contributed by atoms with Gasteiger partial charge in [-0.3, -0.25) is 0 Å². The molecule has 0 amide bonds. The van der Waals surface area contributed by atoms with Crippen LogP contribution in [0, 0.1) is 11.8 Å². The molecule has 1 saturated carbocycles.